The van der Waals surface area contributed by atoms with Gasteiger partial charge in [0.2, 0.25) is 0 Å². The summed E-state index contributed by atoms with van der Waals surface area (Å²) in [4.78, 5) is 18.8. The van der Waals surface area contributed by atoms with Crippen molar-refractivity contribution in [3.8, 4) is 0 Å². The molecular weight excluding hydrogens is 254 g/mol. The lowest BCUT2D eigenvalue weighted by Crippen LogP contribution is -2.13. The van der Waals surface area contributed by atoms with E-state index in [9.17, 15) is 13.2 Å². The first kappa shape index (κ1) is 14.3. The van der Waals surface area contributed by atoms with Crippen molar-refractivity contribution in [1.82, 2.24) is 4.98 Å². The number of sulfone groups is 1. The van der Waals surface area contributed by atoms with Crippen molar-refractivity contribution in [2.45, 2.75) is 18.7 Å². The zero-order valence-corrected chi connectivity index (χ0v) is 11.1. The van der Waals surface area contributed by atoms with Crippen molar-refractivity contribution in [2.75, 3.05) is 12.3 Å². The summed E-state index contributed by atoms with van der Waals surface area (Å²) in [5.74, 6) is -0.0545. The molecule has 0 fully saturated rings. The molecule has 1 aromatic rings. The Hall–Kier alpha value is -1.76. The number of rotatable bonds is 5. The van der Waals surface area contributed by atoms with Crippen molar-refractivity contribution in [3.05, 3.63) is 24.0 Å². The highest BCUT2D eigenvalue weighted by Gasteiger charge is 2.15. The highest BCUT2D eigenvalue weighted by molar-refractivity contribution is 7.91. The van der Waals surface area contributed by atoms with E-state index in [1.54, 1.807) is 6.92 Å². The minimum atomic E-state index is -3.49. The number of amidine groups is 1. The first-order valence-electron chi connectivity index (χ1n) is 5.28. The summed E-state index contributed by atoms with van der Waals surface area (Å²) in [6.07, 6.45) is 2.56. The van der Waals surface area contributed by atoms with Gasteiger partial charge in [0.25, 0.3) is 0 Å². The molecule has 0 amide bonds. The molecule has 0 aromatic carbocycles. The van der Waals surface area contributed by atoms with Gasteiger partial charge in [-0.15, -0.1) is 0 Å². The Kier molecular flexibility index (Phi) is 4.55. The van der Waals surface area contributed by atoms with E-state index < -0.39 is 9.84 Å². The van der Waals surface area contributed by atoms with E-state index in [2.05, 4.69) is 9.98 Å². The number of hydrogen-bond acceptors (Lipinski definition) is 5. The normalized spacial score (nSPS) is 12.4. The summed E-state index contributed by atoms with van der Waals surface area (Å²) >= 11 is 0. The number of hydrogen-bond donors (Lipinski definition) is 1. The average Bonchev–Trinajstić information content (AvgIpc) is 2.28. The van der Waals surface area contributed by atoms with Crippen LogP contribution < -0.4 is 5.73 Å². The van der Waals surface area contributed by atoms with Crippen molar-refractivity contribution in [2.24, 2.45) is 10.7 Å². The monoisotopic (exact) mass is 269 g/mol. The molecule has 0 aliphatic rings. The summed E-state index contributed by atoms with van der Waals surface area (Å²) in [7, 11) is -3.49. The highest BCUT2D eigenvalue weighted by Crippen LogP contribution is 2.12. The molecule has 2 N–H and O–H groups in total. The second-order valence-electron chi connectivity index (χ2n) is 3.81. The van der Waals surface area contributed by atoms with Gasteiger partial charge in [-0.25, -0.2) is 8.42 Å². The van der Waals surface area contributed by atoms with Gasteiger partial charge in [-0.3, -0.25) is 14.8 Å². The first-order valence-corrected chi connectivity index (χ1v) is 6.93. The second kappa shape index (κ2) is 5.72. The first-order chi connectivity index (χ1) is 8.33. The van der Waals surface area contributed by atoms with Crippen molar-refractivity contribution in [3.63, 3.8) is 0 Å². The standard InChI is InChI=1S/C11H15N3O3S/c1-8(15)10-5-11(7-13-6-10)18(16,17)4-3-14-9(2)12/h5-7H,3-4H2,1-2H3,(H2,12,14). The molecule has 1 heterocycles. The largest absolute Gasteiger partial charge is 0.388 e. The molecule has 0 aliphatic carbocycles. The van der Waals surface area contributed by atoms with E-state index in [1.807, 2.05) is 0 Å². The van der Waals surface area contributed by atoms with Crippen molar-refractivity contribution in [1.29, 1.82) is 0 Å². The molecule has 0 bridgehead atoms. The van der Waals surface area contributed by atoms with Gasteiger partial charge in [0, 0.05) is 18.0 Å². The van der Waals surface area contributed by atoms with Crippen LogP contribution >= 0.6 is 0 Å². The van der Waals surface area contributed by atoms with E-state index in [0.717, 1.165) is 0 Å². The Morgan fingerprint density at radius 2 is 2.06 bits per heavy atom. The lowest BCUT2D eigenvalue weighted by molar-refractivity contribution is 0.101. The van der Waals surface area contributed by atoms with Gasteiger partial charge < -0.3 is 5.73 Å². The van der Waals surface area contributed by atoms with Gasteiger partial charge in [0.05, 0.1) is 23.0 Å². The van der Waals surface area contributed by atoms with E-state index in [0.29, 0.717) is 5.84 Å². The number of ketones is 1. The fourth-order valence-corrected chi connectivity index (χ4v) is 2.34. The topological polar surface area (TPSA) is 102 Å². The number of Topliss-reactive ketones (excluding diaryl/α,β-unsaturated/α-hetero) is 1. The third kappa shape index (κ3) is 3.92. The van der Waals surface area contributed by atoms with Crippen LogP contribution in [0.4, 0.5) is 0 Å². The SMILES string of the molecule is CC(=O)c1cncc(S(=O)(=O)CCN=C(C)N)c1. The maximum atomic E-state index is 11.9. The summed E-state index contributed by atoms with van der Waals surface area (Å²) in [5, 5.41) is 0. The fraction of sp³-hybridized carbons (Fsp3) is 0.364. The lowest BCUT2D eigenvalue weighted by Gasteiger charge is -2.03. The maximum Gasteiger partial charge on any atom is 0.181 e. The Morgan fingerprint density at radius 1 is 1.39 bits per heavy atom. The number of aliphatic imine (C=N–C) groups is 1. The fourth-order valence-electron chi connectivity index (χ4n) is 1.24. The number of nitrogens with two attached hydrogens (primary N) is 1. The summed E-state index contributed by atoms with van der Waals surface area (Å²) < 4.78 is 23.9. The lowest BCUT2D eigenvalue weighted by atomic mass is 10.2. The molecule has 0 atom stereocenters. The van der Waals surface area contributed by atoms with Gasteiger partial charge >= 0.3 is 0 Å². The minimum Gasteiger partial charge on any atom is -0.388 e. The van der Waals surface area contributed by atoms with E-state index in [4.69, 9.17) is 5.73 Å². The van der Waals surface area contributed by atoms with Crippen LogP contribution in [0.2, 0.25) is 0 Å². The zero-order valence-electron chi connectivity index (χ0n) is 10.3. The Labute approximate surface area is 106 Å². The zero-order chi connectivity index (χ0) is 13.8. The Balaban J connectivity index is 2.95. The smallest absolute Gasteiger partial charge is 0.181 e. The number of pyridine rings is 1. The molecule has 18 heavy (non-hydrogen) atoms. The molecule has 6 nitrogen and oxygen atoms in total. The van der Waals surface area contributed by atoms with Crippen molar-refractivity contribution >= 4 is 21.5 Å². The molecule has 0 saturated carbocycles. The Morgan fingerprint density at radius 3 is 2.61 bits per heavy atom. The van der Waals surface area contributed by atoms with Crippen LogP contribution in [0.1, 0.15) is 24.2 Å². The molecule has 1 rings (SSSR count). The molecule has 0 aliphatic heterocycles. The highest BCUT2D eigenvalue weighted by atomic mass is 32.2. The number of carbonyl (C=O) groups is 1. The van der Waals surface area contributed by atoms with Crippen LogP contribution in [0.5, 0.6) is 0 Å². The minimum absolute atomic E-state index is 0.0278. The molecule has 7 heteroatoms. The second-order valence-corrected chi connectivity index (χ2v) is 5.92. The number of carbonyl (C=O) groups excluding carboxylic acids is 1. The van der Waals surface area contributed by atoms with Gasteiger partial charge in [-0.1, -0.05) is 0 Å². The molecule has 1 aromatic heterocycles. The van der Waals surface area contributed by atoms with Gasteiger partial charge in [0.15, 0.2) is 15.6 Å². The molecular formula is C11H15N3O3S. The van der Waals surface area contributed by atoms with Crippen LogP contribution in [0, 0.1) is 0 Å². The van der Waals surface area contributed by atoms with Crippen LogP contribution in [-0.2, 0) is 9.84 Å². The van der Waals surface area contributed by atoms with Gasteiger partial charge in [-0.2, -0.15) is 0 Å². The molecule has 0 spiro atoms. The van der Waals surface area contributed by atoms with E-state index >= 15 is 0 Å². The maximum absolute atomic E-state index is 11.9. The molecule has 0 radical (unpaired) electrons. The van der Waals surface area contributed by atoms with Crippen LogP contribution in [0.25, 0.3) is 0 Å². The average molecular weight is 269 g/mol. The Bertz CT molecular complexity index is 575. The van der Waals surface area contributed by atoms with Crippen LogP contribution in [-0.4, -0.2) is 37.3 Å². The molecule has 0 saturated heterocycles. The predicted octanol–water partition coefficient (Wildman–Crippen LogP) is 0.435. The number of aromatic nitrogens is 1. The third-order valence-corrected chi connectivity index (χ3v) is 3.86. The predicted molar refractivity (Wildman–Crippen MR) is 68.5 cm³/mol. The third-order valence-electron chi connectivity index (χ3n) is 2.20. The number of nitrogens with zero attached hydrogens (tertiary/aromatic N) is 2. The van der Waals surface area contributed by atoms with E-state index in [1.165, 1.54) is 25.4 Å². The summed E-state index contributed by atoms with van der Waals surface area (Å²) in [5.41, 5.74) is 5.60. The van der Waals surface area contributed by atoms with Gasteiger partial charge in [-0.05, 0) is 19.9 Å². The quantitative estimate of drug-likeness (QED) is 0.474. The van der Waals surface area contributed by atoms with Crippen LogP contribution in [0.15, 0.2) is 28.3 Å². The summed E-state index contributed by atoms with van der Waals surface area (Å²) in [6.45, 7) is 3.04. The molecule has 0 unspecified atom stereocenters. The van der Waals surface area contributed by atoms with E-state index in [-0.39, 0.29) is 28.5 Å². The van der Waals surface area contributed by atoms with Crippen molar-refractivity contribution < 1.29 is 13.2 Å². The van der Waals surface area contributed by atoms with Gasteiger partial charge in [0.1, 0.15) is 0 Å². The summed E-state index contributed by atoms with van der Waals surface area (Å²) in [6, 6.07) is 1.32. The molecule has 98 valence electrons. The van der Waals surface area contributed by atoms with Crippen LogP contribution in [0.3, 0.4) is 0 Å².